The molecular formula is C14H19NO9. The van der Waals surface area contributed by atoms with E-state index in [0.717, 1.165) is 12.8 Å². The molecule has 0 aromatic carbocycles. The Morgan fingerprint density at radius 3 is 1.50 bits per heavy atom. The van der Waals surface area contributed by atoms with Crippen LogP contribution in [-0.4, -0.2) is 78.1 Å². The van der Waals surface area contributed by atoms with Crippen LogP contribution in [-0.2, 0) is 33.4 Å². The van der Waals surface area contributed by atoms with E-state index in [9.17, 15) is 14.4 Å². The first-order valence-corrected chi connectivity index (χ1v) is 7.04. The Labute approximate surface area is 137 Å². The molecule has 2 rings (SSSR count). The number of carbonyl (C=O) groups excluding carboxylic acids is 3. The van der Waals surface area contributed by atoms with Gasteiger partial charge in [-0.25, -0.2) is 9.59 Å². The minimum atomic E-state index is -1.82. The average molecular weight is 345 g/mol. The number of piperidine rings is 1. The lowest BCUT2D eigenvalue weighted by Crippen LogP contribution is -2.57. The van der Waals surface area contributed by atoms with Crippen LogP contribution in [0.5, 0.6) is 0 Å². The summed E-state index contributed by atoms with van der Waals surface area (Å²) >= 11 is 0. The highest BCUT2D eigenvalue weighted by Crippen LogP contribution is 2.40. The Kier molecular flexibility index (Phi) is 6.41. The van der Waals surface area contributed by atoms with E-state index < -0.39 is 35.7 Å². The first-order chi connectivity index (χ1) is 11.2. The normalized spacial score (nSPS) is 28.4. The van der Waals surface area contributed by atoms with E-state index in [-0.39, 0.29) is 17.9 Å². The van der Waals surface area contributed by atoms with Gasteiger partial charge in [0, 0.05) is 12.1 Å². The summed E-state index contributed by atoms with van der Waals surface area (Å²) in [5.41, 5.74) is 0. The van der Waals surface area contributed by atoms with Crippen LogP contribution in [0.1, 0.15) is 12.8 Å². The van der Waals surface area contributed by atoms with E-state index >= 15 is 0 Å². The number of esters is 2. The Morgan fingerprint density at radius 2 is 1.25 bits per heavy atom. The number of rotatable bonds is 2. The summed E-state index contributed by atoms with van der Waals surface area (Å²) in [6.45, 7) is 0. The van der Waals surface area contributed by atoms with Crippen LogP contribution in [0.25, 0.3) is 0 Å². The molecule has 0 unspecified atom stereocenters. The van der Waals surface area contributed by atoms with Crippen molar-refractivity contribution in [3.63, 3.8) is 0 Å². The summed E-state index contributed by atoms with van der Waals surface area (Å²) in [5.74, 6) is -6.88. The predicted octanol–water partition coefficient (Wildman–Crippen LogP) is -1.23. The van der Waals surface area contributed by atoms with E-state index in [4.69, 9.17) is 19.8 Å². The molecule has 2 aliphatic rings. The number of ketones is 1. The average Bonchev–Trinajstić information content (AvgIpc) is 2.81. The molecule has 0 saturated carbocycles. The smallest absolute Gasteiger partial charge is 0.414 e. The van der Waals surface area contributed by atoms with Crippen molar-refractivity contribution < 1.29 is 43.7 Å². The van der Waals surface area contributed by atoms with Crippen molar-refractivity contribution in [1.29, 1.82) is 0 Å². The molecule has 2 fully saturated rings. The van der Waals surface area contributed by atoms with Gasteiger partial charge >= 0.3 is 23.9 Å². The number of Topliss-reactive ketones (excluding diaryl/α,β-unsaturated/α-hetero) is 1. The topological polar surface area (TPSA) is 148 Å². The SMILES string of the molecule is COC(=O)[C@H]1C(=O)[C@H](C(=O)OC)[C@@H]2CC[C@H]1N2C.O=C(O)C(=O)O. The zero-order valence-electron chi connectivity index (χ0n) is 13.4. The largest absolute Gasteiger partial charge is 0.473 e. The van der Waals surface area contributed by atoms with Gasteiger partial charge in [-0.05, 0) is 19.9 Å². The molecule has 0 aromatic heterocycles. The highest BCUT2D eigenvalue weighted by molar-refractivity contribution is 6.27. The molecule has 134 valence electrons. The molecule has 2 saturated heterocycles. The molecule has 0 amide bonds. The third-order valence-corrected chi connectivity index (χ3v) is 4.28. The summed E-state index contributed by atoms with van der Waals surface area (Å²) in [7, 11) is 4.34. The quantitative estimate of drug-likeness (QED) is 0.354. The Bertz CT molecular complexity index is 512. The van der Waals surface area contributed by atoms with E-state index in [1.807, 2.05) is 11.9 Å². The molecular weight excluding hydrogens is 326 g/mol. The van der Waals surface area contributed by atoms with Gasteiger partial charge < -0.3 is 19.7 Å². The minimum Gasteiger partial charge on any atom is -0.473 e. The maximum absolute atomic E-state index is 12.3. The highest BCUT2D eigenvalue weighted by atomic mass is 16.5. The van der Waals surface area contributed by atoms with Gasteiger partial charge in [-0.1, -0.05) is 0 Å². The number of hydrogen-bond acceptors (Lipinski definition) is 8. The van der Waals surface area contributed by atoms with E-state index in [1.54, 1.807) is 0 Å². The lowest BCUT2D eigenvalue weighted by Gasteiger charge is -2.38. The van der Waals surface area contributed by atoms with Crippen LogP contribution in [0.15, 0.2) is 0 Å². The number of carbonyl (C=O) groups is 5. The lowest BCUT2D eigenvalue weighted by molar-refractivity contribution is -0.163. The second-order valence-corrected chi connectivity index (χ2v) is 5.39. The molecule has 0 spiro atoms. The fourth-order valence-corrected chi connectivity index (χ4v) is 3.17. The first-order valence-electron chi connectivity index (χ1n) is 7.04. The fraction of sp³-hybridized carbons (Fsp3) is 0.643. The maximum atomic E-state index is 12.3. The van der Waals surface area contributed by atoms with E-state index in [0.29, 0.717) is 0 Å². The standard InChI is InChI=1S/C12H17NO5.C2H2O4/c1-13-6-4-5-7(13)9(12(16)18-3)10(14)8(6)11(15)17-2;3-1(4)2(5)6/h6-9H,4-5H2,1-3H3;(H,3,4)(H,5,6)/t6-,7+,8-,9-;/m1./s1. The molecule has 2 bridgehead atoms. The van der Waals surface area contributed by atoms with Crippen LogP contribution < -0.4 is 0 Å². The van der Waals surface area contributed by atoms with Gasteiger partial charge in [0.25, 0.3) is 0 Å². The van der Waals surface area contributed by atoms with Crippen molar-refractivity contribution in [2.45, 2.75) is 24.9 Å². The van der Waals surface area contributed by atoms with Gasteiger partial charge in [0.2, 0.25) is 0 Å². The summed E-state index contributed by atoms with van der Waals surface area (Å²) in [6.07, 6.45) is 1.44. The van der Waals surface area contributed by atoms with Gasteiger partial charge in [0.1, 0.15) is 11.8 Å². The molecule has 2 aliphatic heterocycles. The third kappa shape index (κ3) is 3.70. The second kappa shape index (κ2) is 7.86. The summed E-state index contributed by atoms with van der Waals surface area (Å²) in [5, 5.41) is 14.8. The summed E-state index contributed by atoms with van der Waals surface area (Å²) < 4.78 is 9.36. The highest BCUT2D eigenvalue weighted by Gasteiger charge is 2.56. The molecule has 10 nitrogen and oxygen atoms in total. The molecule has 10 heteroatoms. The van der Waals surface area contributed by atoms with Crippen LogP contribution in [0.3, 0.4) is 0 Å². The molecule has 0 aliphatic carbocycles. The molecule has 0 aromatic rings. The molecule has 0 radical (unpaired) electrons. The number of aliphatic carboxylic acids is 2. The summed E-state index contributed by atoms with van der Waals surface area (Å²) in [4.78, 5) is 55.9. The third-order valence-electron chi connectivity index (χ3n) is 4.28. The predicted molar refractivity (Wildman–Crippen MR) is 75.9 cm³/mol. The van der Waals surface area contributed by atoms with Crippen molar-refractivity contribution in [3.8, 4) is 0 Å². The Morgan fingerprint density at radius 1 is 0.917 bits per heavy atom. The molecule has 24 heavy (non-hydrogen) atoms. The van der Waals surface area contributed by atoms with Gasteiger partial charge in [0.15, 0.2) is 5.78 Å². The molecule has 4 atom stereocenters. The Balaban J connectivity index is 0.000000413. The van der Waals surface area contributed by atoms with Gasteiger partial charge in [0.05, 0.1) is 14.2 Å². The van der Waals surface area contributed by atoms with Gasteiger partial charge in [-0.2, -0.15) is 0 Å². The number of fused-ring (bicyclic) bond motifs is 2. The second-order valence-electron chi connectivity index (χ2n) is 5.39. The van der Waals surface area contributed by atoms with Crippen molar-refractivity contribution in [2.24, 2.45) is 11.8 Å². The maximum Gasteiger partial charge on any atom is 0.414 e. The number of carboxylic acid groups (broad SMARTS) is 2. The number of ether oxygens (including phenoxy) is 2. The number of methoxy groups -OCH3 is 2. The van der Waals surface area contributed by atoms with Crippen LogP contribution in [0.2, 0.25) is 0 Å². The minimum absolute atomic E-state index is 0.157. The van der Waals surface area contributed by atoms with Crippen LogP contribution >= 0.6 is 0 Å². The van der Waals surface area contributed by atoms with Crippen molar-refractivity contribution in [1.82, 2.24) is 4.90 Å². The first kappa shape index (κ1) is 19.6. The number of hydrogen-bond donors (Lipinski definition) is 2. The number of carboxylic acids is 2. The van der Waals surface area contributed by atoms with Crippen molar-refractivity contribution >= 4 is 29.7 Å². The monoisotopic (exact) mass is 345 g/mol. The Hall–Kier alpha value is -2.49. The fourth-order valence-electron chi connectivity index (χ4n) is 3.17. The van der Waals surface area contributed by atoms with Gasteiger partial charge in [-0.3, -0.25) is 19.3 Å². The zero-order chi connectivity index (χ0) is 18.6. The number of nitrogens with zero attached hydrogens (tertiary/aromatic N) is 1. The molecule has 2 heterocycles. The zero-order valence-corrected chi connectivity index (χ0v) is 13.4. The molecule has 2 N–H and O–H groups in total. The van der Waals surface area contributed by atoms with Crippen LogP contribution in [0, 0.1) is 11.8 Å². The van der Waals surface area contributed by atoms with E-state index in [1.165, 1.54) is 14.2 Å². The van der Waals surface area contributed by atoms with Crippen LogP contribution in [0.4, 0.5) is 0 Å². The lowest BCUT2D eigenvalue weighted by atomic mass is 9.81. The van der Waals surface area contributed by atoms with E-state index in [2.05, 4.69) is 9.47 Å². The summed E-state index contributed by atoms with van der Waals surface area (Å²) in [6, 6.07) is -0.313. The van der Waals surface area contributed by atoms with Crippen molar-refractivity contribution in [2.75, 3.05) is 21.3 Å². The van der Waals surface area contributed by atoms with Crippen molar-refractivity contribution in [3.05, 3.63) is 0 Å². The van der Waals surface area contributed by atoms with Gasteiger partial charge in [-0.15, -0.1) is 0 Å².